The van der Waals surface area contributed by atoms with E-state index in [1.54, 1.807) is 6.92 Å². The van der Waals surface area contributed by atoms with Crippen LogP contribution >= 0.6 is 0 Å². The summed E-state index contributed by atoms with van der Waals surface area (Å²) in [5, 5.41) is 13.8. The van der Waals surface area contributed by atoms with Gasteiger partial charge in [-0.05, 0) is 37.1 Å². The molecule has 2 rings (SSSR count). The van der Waals surface area contributed by atoms with E-state index in [1.165, 1.54) is 54.5 Å². The summed E-state index contributed by atoms with van der Waals surface area (Å²) < 4.78 is 23.7. The highest BCUT2D eigenvalue weighted by Gasteiger charge is 2.26. The second-order valence-corrected chi connectivity index (χ2v) is 6.99. The number of halogens is 1. The van der Waals surface area contributed by atoms with E-state index in [0.29, 0.717) is 12.1 Å². The van der Waals surface area contributed by atoms with Gasteiger partial charge in [-0.15, -0.1) is 0 Å². The van der Waals surface area contributed by atoms with Crippen molar-refractivity contribution in [3.8, 4) is 11.5 Å². The second kappa shape index (κ2) is 11.6. The second-order valence-electron chi connectivity index (χ2n) is 6.99. The Hall–Kier alpha value is -3.69. The first-order chi connectivity index (χ1) is 15.3. The number of carbonyl (C=O) groups excluding carboxylic acids is 2. The van der Waals surface area contributed by atoms with E-state index in [4.69, 9.17) is 9.47 Å². The summed E-state index contributed by atoms with van der Waals surface area (Å²) in [5.74, 6) is -1.01. The van der Waals surface area contributed by atoms with E-state index in [-0.39, 0.29) is 29.6 Å². The third-order valence-corrected chi connectivity index (χ3v) is 4.69. The molecule has 0 heterocycles. The Morgan fingerprint density at radius 3 is 2.50 bits per heavy atom. The van der Waals surface area contributed by atoms with Gasteiger partial charge < -0.3 is 19.7 Å². The van der Waals surface area contributed by atoms with Crippen molar-refractivity contribution < 1.29 is 28.4 Å². The molecule has 0 aliphatic rings. The number of ether oxygens (including phenoxy) is 2. The minimum Gasteiger partial charge on any atom is -0.490 e. The fraction of sp³-hybridized carbons (Fsp3) is 0.364. The zero-order valence-electron chi connectivity index (χ0n) is 18.2. The Kier molecular flexibility index (Phi) is 8.94. The topological polar surface area (TPSA) is 111 Å². The van der Waals surface area contributed by atoms with Gasteiger partial charge in [0, 0.05) is 25.2 Å². The van der Waals surface area contributed by atoms with Gasteiger partial charge in [0.1, 0.15) is 17.6 Å². The molecule has 0 aliphatic carbocycles. The molecule has 2 aromatic carbocycles. The lowest BCUT2D eigenvalue weighted by Crippen LogP contribution is -2.49. The van der Waals surface area contributed by atoms with Gasteiger partial charge in [0.05, 0.1) is 12.0 Å². The van der Waals surface area contributed by atoms with Crippen LogP contribution in [0.2, 0.25) is 0 Å². The van der Waals surface area contributed by atoms with Crippen molar-refractivity contribution in [2.24, 2.45) is 0 Å². The average molecular weight is 447 g/mol. The molecule has 1 atom stereocenters. The van der Waals surface area contributed by atoms with Gasteiger partial charge in [-0.1, -0.05) is 19.1 Å². The predicted octanol–water partition coefficient (Wildman–Crippen LogP) is 3.06. The van der Waals surface area contributed by atoms with Crippen LogP contribution in [0.15, 0.2) is 42.5 Å². The summed E-state index contributed by atoms with van der Waals surface area (Å²) in [6.45, 7) is 3.65. The van der Waals surface area contributed by atoms with Crippen LogP contribution in [0.5, 0.6) is 11.5 Å². The van der Waals surface area contributed by atoms with Crippen LogP contribution in [-0.4, -0.2) is 47.9 Å². The summed E-state index contributed by atoms with van der Waals surface area (Å²) in [6.07, 6.45) is 0.745. The van der Waals surface area contributed by atoms with Crippen LogP contribution in [0.25, 0.3) is 0 Å². The van der Waals surface area contributed by atoms with Crippen LogP contribution in [0, 0.1) is 15.9 Å². The number of amides is 2. The molecule has 10 heteroatoms. The highest BCUT2D eigenvalue weighted by Crippen LogP contribution is 2.30. The van der Waals surface area contributed by atoms with Crippen molar-refractivity contribution in [1.29, 1.82) is 0 Å². The van der Waals surface area contributed by atoms with Gasteiger partial charge in [0.15, 0.2) is 6.61 Å². The van der Waals surface area contributed by atoms with Crippen molar-refractivity contribution in [3.05, 3.63) is 64.0 Å². The molecule has 2 aromatic rings. The quantitative estimate of drug-likeness (QED) is 0.419. The van der Waals surface area contributed by atoms with E-state index >= 15 is 0 Å². The molecular formula is C22H26FN3O6. The first-order valence-corrected chi connectivity index (χ1v) is 10.0. The van der Waals surface area contributed by atoms with E-state index in [9.17, 15) is 24.1 Å². The number of nitrogens with one attached hydrogen (secondary N) is 1. The Morgan fingerprint density at radius 1 is 1.22 bits per heavy atom. The third kappa shape index (κ3) is 6.66. The SMILES string of the molecule is CCCNC(=O)[C@H](C)N(Cc1ccc(F)cc1)C(=O)COc1ccc([N+](=O)[O-])c(OC)c1. The first kappa shape index (κ1) is 24.6. The van der Waals surface area contributed by atoms with Gasteiger partial charge in [-0.25, -0.2) is 4.39 Å². The van der Waals surface area contributed by atoms with Gasteiger partial charge in [0.2, 0.25) is 11.7 Å². The van der Waals surface area contributed by atoms with Crippen molar-refractivity contribution in [1.82, 2.24) is 10.2 Å². The summed E-state index contributed by atoms with van der Waals surface area (Å²) in [5.41, 5.74) is 0.414. The van der Waals surface area contributed by atoms with Crippen molar-refractivity contribution >= 4 is 17.5 Å². The Bertz CT molecular complexity index is 951. The van der Waals surface area contributed by atoms with Crippen LogP contribution < -0.4 is 14.8 Å². The molecule has 1 N–H and O–H groups in total. The van der Waals surface area contributed by atoms with Gasteiger partial charge in [0.25, 0.3) is 5.91 Å². The number of nitro groups is 1. The highest BCUT2D eigenvalue weighted by molar-refractivity contribution is 5.87. The fourth-order valence-electron chi connectivity index (χ4n) is 2.89. The molecule has 2 amide bonds. The zero-order chi connectivity index (χ0) is 23.7. The van der Waals surface area contributed by atoms with E-state index in [2.05, 4.69) is 5.32 Å². The number of methoxy groups -OCH3 is 1. The standard InChI is InChI=1S/C22H26FN3O6/c1-4-11-24-22(28)15(2)25(13-16-5-7-17(23)8-6-16)21(27)14-32-18-9-10-19(26(29)30)20(12-18)31-3/h5-10,12,15H,4,11,13-14H2,1-3H3,(H,24,28)/t15-/m0/s1. The van der Waals surface area contributed by atoms with Gasteiger partial charge in [-0.2, -0.15) is 0 Å². The molecule has 0 fully saturated rings. The van der Waals surface area contributed by atoms with Crippen LogP contribution in [0.3, 0.4) is 0 Å². The Labute approximate surface area is 185 Å². The number of benzene rings is 2. The lowest BCUT2D eigenvalue weighted by molar-refractivity contribution is -0.385. The van der Waals surface area contributed by atoms with Gasteiger partial charge in [-0.3, -0.25) is 19.7 Å². The molecule has 0 aliphatic heterocycles. The molecule has 0 saturated carbocycles. The first-order valence-electron chi connectivity index (χ1n) is 10.0. The maximum atomic E-state index is 13.2. The highest BCUT2D eigenvalue weighted by atomic mass is 19.1. The molecule has 9 nitrogen and oxygen atoms in total. The summed E-state index contributed by atoms with van der Waals surface area (Å²) in [4.78, 5) is 37.2. The number of rotatable bonds is 11. The van der Waals surface area contributed by atoms with Crippen molar-refractivity contribution in [2.45, 2.75) is 32.9 Å². The van der Waals surface area contributed by atoms with Crippen molar-refractivity contribution in [3.63, 3.8) is 0 Å². The Balaban J connectivity index is 2.16. The normalized spacial score (nSPS) is 11.4. The van der Waals surface area contributed by atoms with Crippen LogP contribution in [-0.2, 0) is 16.1 Å². The molecule has 0 radical (unpaired) electrons. The zero-order valence-corrected chi connectivity index (χ0v) is 18.2. The number of carbonyl (C=O) groups is 2. The lowest BCUT2D eigenvalue weighted by Gasteiger charge is -2.28. The number of nitrogens with zero attached hydrogens (tertiary/aromatic N) is 2. The molecule has 0 bridgehead atoms. The minimum atomic E-state index is -0.797. The Morgan fingerprint density at radius 2 is 1.91 bits per heavy atom. The summed E-state index contributed by atoms with van der Waals surface area (Å²) in [7, 11) is 1.29. The summed E-state index contributed by atoms with van der Waals surface area (Å²) in [6, 6.07) is 8.72. The molecule has 0 aromatic heterocycles. The summed E-state index contributed by atoms with van der Waals surface area (Å²) >= 11 is 0. The number of hydrogen-bond acceptors (Lipinski definition) is 6. The minimum absolute atomic E-state index is 0.00423. The molecule has 0 spiro atoms. The molecule has 0 saturated heterocycles. The maximum absolute atomic E-state index is 13.2. The molecule has 0 unspecified atom stereocenters. The number of nitro benzene ring substituents is 1. The molecule has 32 heavy (non-hydrogen) atoms. The third-order valence-electron chi connectivity index (χ3n) is 4.69. The largest absolute Gasteiger partial charge is 0.490 e. The molecule has 172 valence electrons. The fourth-order valence-corrected chi connectivity index (χ4v) is 2.89. The molecular weight excluding hydrogens is 421 g/mol. The maximum Gasteiger partial charge on any atom is 0.311 e. The van der Waals surface area contributed by atoms with E-state index in [0.717, 1.165) is 6.42 Å². The van der Waals surface area contributed by atoms with Crippen molar-refractivity contribution in [2.75, 3.05) is 20.3 Å². The monoisotopic (exact) mass is 447 g/mol. The smallest absolute Gasteiger partial charge is 0.311 e. The van der Waals surface area contributed by atoms with Crippen LogP contribution in [0.4, 0.5) is 10.1 Å². The number of hydrogen-bond donors (Lipinski definition) is 1. The van der Waals surface area contributed by atoms with E-state index in [1.807, 2.05) is 6.92 Å². The van der Waals surface area contributed by atoms with Crippen LogP contribution in [0.1, 0.15) is 25.8 Å². The average Bonchev–Trinajstić information content (AvgIpc) is 2.79. The predicted molar refractivity (Wildman–Crippen MR) is 115 cm³/mol. The van der Waals surface area contributed by atoms with E-state index < -0.39 is 29.3 Å². The lowest BCUT2D eigenvalue weighted by atomic mass is 10.1. The van der Waals surface area contributed by atoms with Gasteiger partial charge >= 0.3 is 5.69 Å².